The molecule has 14 heavy (non-hydrogen) atoms. The third-order valence-electron chi connectivity index (χ3n) is 1.79. The molecule has 0 radical (unpaired) electrons. The Balaban J connectivity index is 0.000000980. The Bertz CT molecular complexity index is 364. The second kappa shape index (κ2) is 4.43. The zero-order valence-corrected chi connectivity index (χ0v) is 6.81. The molecule has 1 aliphatic heterocycles. The average molecular weight is 202 g/mol. The van der Waals surface area contributed by atoms with Gasteiger partial charge in [-0.15, -0.1) is 0 Å². The number of carbonyl (C=O) groups excluding carboxylic acids is 1. The molecule has 4 nitrogen and oxygen atoms in total. The summed E-state index contributed by atoms with van der Waals surface area (Å²) in [7, 11) is 0. The summed E-state index contributed by atoms with van der Waals surface area (Å²) >= 11 is 0. The topological polar surface area (TPSA) is 64.7 Å². The number of hydrogen-bond acceptors (Lipinski definition) is 3. The second-order valence-corrected chi connectivity index (χ2v) is 2.70. The highest BCUT2D eigenvalue weighted by atomic mass is 24.3. The van der Waals surface area contributed by atoms with Gasteiger partial charge in [-0.05, 0) is 0 Å². The van der Waals surface area contributed by atoms with E-state index < -0.39 is 6.10 Å². The van der Waals surface area contributed by atoms with Crippen molar-refractivity contribution >= 4 is 35.0 Å². The molecule has 2 rings (SSSR count). The summed E-state index contributed by atoms with van der Waals surface area (Å²) in [4.78, 5) is 14.7. The highest BCUT2D eigenvalue weighted by Crippen LogP contribution is 2.22. The van der Waals surface area contributed by atoms with E-state index in [0.717, 1.165) is 5.56 Å². The van der Waals surface area contributed by atoms with Gasteiger partial charge in [0.25, 0.3) is 11.9 Å². The molecule has 1 aliphatic rings. The predicted molar refractivity (Wildman–Crippen MR) is 55.4 cm³/mol. The molecule has 0 bridgehead atoms. The van der Waals surface area contributed by atoms with E-state index in [1.54, 1.807) is 12.1 Å². The van der Waals surface area contributed by atoms with E-state index in [9.17, 15) is 4.79 Å². The first-order valence-electron chi connectivity index (χ1n) is 3.87. The van der Waals surface area contributed by atoms with Gasteiger partial charge in [0.2, 0.25) is 6.10 Å². The molecule has 2 N–H and O–H groups in total. The number of hydrogen-bond donors (Lipinski definition) is 1. The molecule has 1 unspecified atom stereocenters. The molecule has 0 spiro atoms. The van der Waals surface area contributed by atoms with Crippen molar-refractivity contribution in [3.63, 3.8) is 0 Å². The van der Waals surface area contributed by atoms with Crippen molar-refractivity contribution in [1.29, 1.82) is 0 Å². The van der Waals surface area contributed by atoms with Crippen molar-refractivity contribution in [2.75, 3.05) is 0 Å². The summed E-state index contributed by atoms with van der Waals surface area (Å²) in [5.74, 6) is -0.344. The standard InChI is InChI=1S/C9H8N2O2.Mg.2H/c10-9-11-8(12)7(13-9)6-4-2-1-3-5-6;;;/h1-5,7H,(H2,10,11,12);;;. The normalized spacial score (nSPS) is 19.6. The van der Waals surface area contributed by atoms with E-state index in [4.69, 9.17) is 10.5 Å². The molecule has 0 aromatic heterocycles. The third-order valence-corrected chi connectivity index (χ3v) is 1.79. The van der Waals surface area contributed by atoms with E-state index in [1.807, 2.05) is 18.2 Å². The minimum absolute atomic E-state index is 0. The number of nitrogens with zero attached hydrogens (tertiary/aromatic N) is 1. The van der Waals surface area contributed by atoms with Crippen LogP contribution in [0.1, 0.15) is 11.7 Å². The first-order chi connectivity index (χ1) is 6.27. The van der Waals surface area contributed by atoms with Crippen LogP contribution in [0.15, 0.2) is 35.3 Å². The van der Waals surface area contributed by atoms with Crippen LogP contribution in [0.25, 0.3) is 0 Å². The lowest BCUT2D eigenvalue weighted by Crippen LogP contribution is -2.13. The van der Waals surface area contributed by atoms with Crippen LogP contribution in [0, 0.1) is 0 Å². The summed E-state index contributed by atoms with van der Waals surface area (Å²) < 4.78 is 5.04. The average Bonchev–Trinajstić information content (AvgIpc) is 2.47. The maximum atomic E-state index is 11.2. The zero-order chi connectivity index (χ0) is 9.26. The number of carbonyl (C=O) groups is 1. The van der Waals surface area contributed by atoms with E-state index in [1.165, 1.54) is 0 Å². The summed E-state index contributed by atoms with van der Waals surface area (Å²) in [5.41, 5.74) is 6.03. The summed E-state index contributed by atoms with van der Waals surface area (Å²) in [6.45, 7) is 0. The van der Waals surface area contributed by atoms with Gasteiger partial charge in [0.1, 0.15) is 0 Å². The first kappa shape index (κ1) is 11.0. The van der Waals surface area contributed by atoms with Crippen molar-refractivity contribution in [1.82, 2.24) is 0 Å². The highest BCUT2D eigenvalue weighted by molar-refractivity contribution is 5.98. The predicted octanol–water partition coefficient (Wildman–Crippen LogP) is -0.317. The number of ether oxygens (including phenoxy) is 1. The fourth-order valence-corrected chi connectivity index (χ4v) is 1.20. The van der Waals surface area contributed by atoms with Crippen LogP contribution in [0.2, 0.25) is 0 Å². The Morgan fingerprint density at radius 2 is 1.93 bits per heavy atom. The van der Waals surface area contributed by atoms with Crippen molar-refractivity contribution in [2.24, 2.45) is 10.7 Å². The molecule has 70 valence electrons. The molecule has 0 saturated carbocycles. The molecule has 5 heteroatoms. The second-order valence-electron chi connectivity index (χ2n) is 2.70. The van der Waals surface area contributed by atoms with Crippen LogP contribution in [0.5, 0.6) is 0 Å². The number of benzene rings is 1. The third kappa shape index (κ3) is 2.05. The maximum Gasteiger partial charge on any atom is 0.316 e. The van der Waals surface area contributed by atoms with Crippen LogP contribution in [-0.2, 0) is 9.53 Å². The largest absolute Gasteiger partial charge is 0.447 e. The molecule has 0 aliphatic carbocycles. The Kier molecular flexibility index (Phi) is 3.48. The van der Waals surface area contributed by atoms with E-state index >= 15 is 0 Å². The Hall–Kier alpha value is -1.07. The van der Waals surface area contributed by atoms with Crippen molar-refractivity contribution in [3.05, 3.63) is 35.9 Å². The van der Waals surface area contributed by atoms with Gasteiger partial charge in [-0.1, -0.05) is 30.3 Å². The maximum absolute atomic E-state index is 11.2. The lowest BCUT2D eigenvalue weighted by atomic mass is 10.1. The summed E-state index contributed by atoms with van der Waals surface area (Å²) in [6.07, 6.45) is -0.652. The molecule has 0 fully saturated rings. The van der Waals surface area contributed by atoms with E-state index in [2.05, 4.69) is 4.99 Å². The minimum Gasteiger partial charge on any atom is -0.447 e. The van der Waals surface area contributed by atoms with Gasteiger partial charge in [-0.3, -0.25) is 4.79 Å². The molecular weight excluding hydrogens is 192 g/mol. The lowest BCUT2D eigenvalue weighted by Gasteiger charge is -2.07. The fraction of sp³-hybridized carbons (Fsp3) is 0.111. The van der Waals surface area contributed by atoms with Gasteiger partial charge >= 0.3 is 23.1 Å². The van der Waals surface area contributed by atoms with Crippen LogP contribution in [-0.4, -0.2) is 35.0 Å². The van der Waals surface area contributed by atoms with E-state index in [-0.39, 0.29) is 35.0 Å². The molecule has 1 aromatic carbocycles. The van der Waals surface area contributed by atoms with Crippen LogP contribution in [0.3, 0.4) is 0 Å². The van der Waals surface area contributed by atoms with Crippen LogP contribution >= 0.6 is 0 Å². The monoisotopic (exact) mass is 202 g/mol. The quantitative estimate of drug-likeness (QED) is 0.635. The fourth-order valence-electron chi connectivity index (χ4n) is 1.20. The molecular formula is C9H10MgN2O2. The number of nitrogens with two attached hydrogens (primary N) is 1. The number of amidine groups is 1. The number of rotatable bonds is 1. The molecule has 1 aromatic rings. The van der Waals surface area contributed by atoms with Gasteiger partial charge in [0, 0.05) is 5.56 Å². The SMILES string of the molecule is NC1=NC(=O)C(c2ccccc2)O1.[MgH2]. The Morgan fingerprint density at radius 3 is 2.43 bits per heavy atom. The van der Waals surface area contributed by atoms with Gasteiger partial charge < -0.3 is 10.5 Å². The van der Waals surface area contributed by atoms with E-state index in [0.29, 0.717) is 0 Å². The van der Waals surface area contributed by atoms with Crippen molar-refractivity contribution < 1.29 is 9.53 Å². The molecule has 1 heterocycles. The summed E-state index contributed by atoms with van der Waals surface area (Å²) in [6, 6.07) is 9.08. The summed E-state index contributed by atoms with van der Waals surface area (Å²) in [5, 5.41) is 0. The zero-order valence-electron chi connectivity index (χ0n) is 6.81. The van der Waals surface area contributed by atoms with Crippen LogP contribution in [0.4, 0.5) is 0 Å². The van der Waals surface area contributed by atoms with Crippen molar-refractivity contribution in [2.45, 2.75) is 6.10 Å². The molecule has 0 saturated heterocycles. The number of amides is 1. The van der Waals surface area contributed by atoms with Gasteiger partial charge in [0.15, 0.2) is 0 Å². The van der Waals surface area contributed by atoms with Gasteiger partial charge in [-0.25, -0.2) is 0 Å². The van der Waals surface area contributed by atoms with Crippen molar-refractivity contribution in [3.8, 4) is 0 Å². The highest BCUT2D eigenvalue weighted by Gasteiger charge is 2.28. The molecule has 1 atom stereocenters. The van der Waals surface area contributed by atoms with Crippen LogP contribution < -0.4 is 5.73 Å². The lowest BCUT2D eigenvalue weighted by molar-refractivity contribution is -0.122. The Morgan fingerprint density at radius 1 is 1.29 bits per heavy atom. The Labute approximate surface area is 97.3 Å². The first-order valence-corrected chi connectivity index (χ1v) is 3.87. The minimum atomic E-state index is -0.652. The van der Waals surface area contributed by atoms with Gasteiger partial charge in [0.05, 0.1) is 0 Å². The molecule has 1 amide bonds. The number of aliphatic imine (C=N–C) groups is 1. The van der Waals surface area contributed by atoms with Gasteiger partial charge in [-0.2, -0.15) is 4.99 Å². The smallest absolute Gasteiger partial charge is 0.316 e.